The Morgan fingerprint density at radius 3 is 2.70 bits per heavy atom. The van der Waals surface area contributed by atoms with Gasteiger partial charge in [0.1, 0.15) is 10.7 Å². The molecule has 0 radical (unpaired) electrons. The van der Waals surface area contributed by atoms with E-state index in [-0.39, 0.29) is 11.9 Å². The molecule has 0 fully saturated rings. The molecule has 6 heteroatoms. The predicted octanol–water partition coefficient (Wildman–Crippen LogP) is 4.19. The highest BCUT2D eigenvalue weighted by Gasteiger charge is 2.28. The lowest BCUT2D eigenvalue weighted by atomic mass is 9.96. The number of rotatable bonds is 3. The molecule has 0 N–H and O–H groups in total. The Morgan fingerprint density at radius 2 is 1.93 bits per heavy atom. The van der Waals surface area contributed by atoms with Crippen molar-refractivity contribution in [2.24, 2.45) is 0 Å². The zero-order valence-electron chi connectivity index (χ0n) is 14.8. The molecule has 5 nitrogen and oxygen atoms in total. The smallest absolute Gasteiger partial charge is 0.338 e. The maximum atomic E-state index is 13.1. The van der Waals surface area contributed by atoms with Gasteiger partial charge < -0.3 is 9.64 Å². The van der Waals surface area contributed by atoms with E-state index >= 15 is 0 Å². The predicted molar refractivity (Wildman–Crippen MR) is 105 cm³/mol. The van der Waals surface area contributed by atoms with Gasteiger partial charge in [-0.2, -0.15) is 0 Å². The molecule has 3 aromatic rings. The van der Waals surface area contributed by atoms with Gasteiger partial charge in [-0.15, -0.1) is 11.3 Å². The molecule has 0 spiro atoms. The number of aromatic nitrogens is 1. The average Bonchev–Trinajstić information content (AvgIpc) is 3.22. The van der Waals surface area contributed by atoms with E-state index in [1.165, 1.54) is 18.4 Å². The number of hydrogen-bond donors (Lipinski definition) is 0. The lowest BCUT2D eigenvalue weighted by Crippen LogP contribution is -2.36. The number of esters is 1. The fourth-order valence-corrected chi connectivity index (χ4v) is 4.16. The zero-order chi connectivity index (χ0) is 18.8. The van der Waals surface area contributed by atoms with Crippen LogP contribution in [0.4, 0.5) is 5.69 Å². The summed E-state index contributed by atoms with van der Waals surface area (Å²) in [5, 5.41) is 2.61. The van der Waals surface area contributed by atoms with Crippen molar-refractivity contribution in [2.45, 2.75) is 12.8 Å². The number of benzene rings is 2. The van der Waals surface area contributed by atoms with Crippen LogP contribution >= 0.6 is 11.3 Å². The number of thiazole rings is 1. The van der Waals surface area contributed by atoms with Crippen LogP contribution in [-0.2, 0) is 11.2 Å². The topological polar surface area (TPSA) is 59.5 Å². The van der Waals surface area contributed by atoms with E-state index < -0.39 is 0 Å². The van der Waals surface area contributed by atoms with Gasteiger partial charge in [0.05, 0.1) is 12.7 Å². The zero-order valence-corrected chi connectivity index (χ0v) is 15.7. The van der Waals surface area contributed by atoms with Gasteiger partial charge in [0.2, 0.25) is 0 Å². The summed E-state index contributed by atoms with van der Waals surface area (Å²) in [5.41, 5.74) is 3.57. The highest BCUT2D eigenvalue weighted by atomic mass is 32.1. The van der Waals surface area contributed by atoms with Crippen LogP contribution in [0.3, 0.4) is 0 Å². The standard InChI is InChI=1S/C21H18N2O3S/c1-26-21(25)16-9-5-11-18-15(16)10-6-12-23(18)20(24)17-13-27-19(22-17)14-7-3-2-4-8-14/h2-5,7-9,11,13H,6,10,12H2,1H3. The van der Waals surface area contributed by atoms with Crippen molar-refractivity contribution in [1.29, 1.82) is 0 Å². The number of ether oxygens (including phenoxy) is 1. The Labute approximate surface area is 161 Å². The first-order valence-corrected chi connectivity index (χ1v) is 9.60. The molecule has 0 saturated carbocycles. The minimum atomic E-state index is -0.374. The molecule has 2 aromatic carbocycles. The molecule has 27 heavy (non-hydrogen) atoms. The molecule has 1 aliphatic heterocycles. The van der Waals surface area contributed by atoms with Crippen LogP contribution in [0.15, 0.2) is 53.9 Å². The number of methoxy groups -OCH3 is 1. The van der Waals surface area contributed by atoms with Crippen LogP contribution < -0.4 is 4.90 Å². The Bertz CT molecular complexity index is 998. The number of hydrogen-bond acceptors (Lipinski definition) is 5. The van der Waals surface area contributed by atoms with Crippen molar-refractivity contribution in [1.82, 2.24) is 4.98 Å². The quantitative estimate of drug-likeness (QED) is 0.641. The Balaban J connectivity index is 1.67. The summed E-state index contributed by atoms with van der Waals surface area (Å²) in [5.74, 6) is -0.516. The maximum Gasteiger partial charge on any atom is 0.338 e. The molecule has 2 heterocycles. The summed E-state index contributed by atoms with van der Waals surface area (Å²) >= 11 is 1.46. The second-order valence-electron chi connectivity index (χ2n) is 6.26. The summed E-state index contributed by atoms with van der Waals surface area (Å²) in [6, 6.07) is 15.2. The number of fused-ring (bicyclic) bond motifs is 1. The Morgan fingerprint density at radius 1 is 1.11 bits per heavy atom. The van der Waals surface area contributed by atoms with Crippen molar-refractivity contribution in [3.63, 3.8) is 0 Å². The molecule has 136 valence electrons. The van der Waals surface area contributed by atoms with Gasteiger partial charge in [-0.1, -0.05) is 36.4 Å². The average molecular weight is 378 g/mol. The van der Waals surface area contributed by atoms with Crippen molar-refractivity contribution in [2.75, 3.05) is 18.6 Å². The third-order valence-corrected chi connectivity index (χ3v) is 5.54. The normalized spacial score (nSPS) is 13.1. The largest absolute Gasteiger partial charge is 0.465 e. The number of nitrogens with zero attached hydrogens (tertiary/aromatic N) is 2. The highest BCUT2D eigenvalue weighted by Crippen LogP contribution is 2.32. The maximum absolute atomic E-state index is 13.1. The van der Waals surface area contributed by atoms with Gasteiger partial charge in [0.25, 0.3) is 5.91 Å². The van der Waals surface area contributed by atoms with Gasteiger partial charge in [-0.3, -0.25) is 4.79 Å². The highest BCUT2D eigenvalue weighted by molar-refractivity contribution is 7.13. The van der Waals surface area contributed by atoms with E-state index in [4.69, 9.17) is 4.74 Å². The molecule has 0 bridgehead atoms. The van der Waals surface area contributed by atoms with Gasteiger partial charge in [-0.05, 0) is 30.5 Å². The lowest BCUT2D eigenvalue weighted by Gasteiger charge is -2.30. The summed E-state index contributed by atoms with van der Waals surface area (Å²) < 4.78 is 4.88. The summed E-state index contributed by atoms with van der Waals surface area (Å²) in [6.07, 6.45) is 1.54. The monoisotopic (exact) mass is 378 g/mol. The number of amides is 1. The van der Waals surface area contributed by atoms with Crippen molar-refractivity contribution < 1.29 is 14.3 Å². The molecule has 1 amide bonds. The fourth-order valence-electron chi connectivity index (χ4n) is 3.36. The summed E-state index contributed by atoms with van der Waals surface area (Å²) in [7, 11) is 1.37. The molecular weight excluding hydrogens is 360 g/mol. The van der Waals surface area contributed by atoms with E-state index in [9.17, 15) is 9.59 Å². The van der Waals surface area contributed by atoms with Gasteiger partial charge in [0, 0.05) is 23.2 Å². The molecule has 1 aliphatic rings. The van der Waals surface area contributed by atoms with Crippen molar-refractivity contribution >= 4 is 28.9 Å². The first-order valence-electron chi connectivity index (χ1n) is 8.72. The van der Waals surface area contributed by atoms with Crippen LogP contribution in [0.25, 0.3) is 10.6 Å². The molecule has 0 unspecified atom stereocenters. The van der Waals surface area contributed by atoms with Crippen LogP contribution in [0.2, 0.25) is 0 Å². The lowest BCUT2D eigenvalue weighted by molar-refractivity contribution is 0.0599. The van der Waals surface area contributed by atoms with Crippen molar-refractivity contribution in [3.8, 4) is 10.6 Å². The first kappa shape index (κ1) is 17.4. The third-order valence-electron chi connectivity index (χ3n) is 4.65. The van der Waals surface area contributed by atoms with Crippen LogP contribution in [0, 0.1) is 0 Å². The number of carbonyl (C=O) groups is 2. The van der Waals surface area contributed by atoms with E-state index in [1.807, 2.05) is 36.4 Å². The summed E-state index contributed by atoms with van der Waals surface area (Å²) in [6.45, 7) is 0.606. The number of carbonyl (C=O) groups excluding carboxylic acids is 2. The van der Waals surface area contributed by atoms with Gasteiger partial charge in [-0.25, -0.2) is 9.78 Å². The minimum absolute atomic E-state index is 0.142. The summed E-state index contributed by atoms with van der Waals surface area (Å²) in [4.78, 5) is 31.4. The third kappa shape index (κ3) is 3.24. The van der Waals surface area contributed by atoms with Crippen LogP contribution in [-0.4, -0.2) is 30.5 Å². The SMILES string of the molecule is COC(=O)c1cccc2c1CCCN2C(=O)c1csc(-c2ccccc2)n1. The van der Waals surface area contributed by atoms with Crippen LogP contribution in [0.5, 0.6) is 0 Å². The van der Waals surface area contributed by atoms with E-state index in [0.29, 0.717) is 17.8 Å². The van der Waals surface area contributed by atoms with Gasteiger partial charge in [0.15, 0.2) is 0 Å². The minimum Gasteiger partial charge on any atom is -0.465 e. The number of anilines is 1. The Kier molecular flexibility index (Phi) is 4.73. The first-order chi connectivity index (χ1) is 13.2. The molecule has 0 aliphatic carbocycles. The van der Waals surface area contributed by atoms with E-state index in [1.54, 1.807) is 22.4 Å². The molecule has 0 atom stereocenters. The second-order valence-corrected chi connectivity index (χ2v) is 7.12. The fraction of sp³-hybridized carbons (Fsp3) is 0.190. The molecule has 0 saturated heterocycles. The van der Waals surface area contributed by atoms with Crippen molar-refractivity contribution in [3.05, 3.63) is 70.7 Å². The molecular formula is C21H18N2O3S. The van der Waals surface area contributed by atoms with Gasteiger partial charge >= 0.3 is 5.97 Å². The van der Waals surface area contributed by atoms with Crippen LogP contribution in [0.1, 0.15) is 32.8 Å². The second kappa shape index (κ2) is 7.32. The Hall–Kier alpha value is -2.99. The van der Waals surface area contributed by atoms with E-state index in [2.05, 4.69) is 4.98 Å². The molecule has 4 rings (SSSR count). The van der Waals surface area contributed by atoms with E-state index in [0.717, 1.165) is 34.7 Å². The molecule has 1 aromatic heterocycles.